The van der Waals surface area contributed by atoms with Crippen molar-refractivity contribution in [1.29, 1.82) is 0 Å². The quantitative estimate of drug-likeness (QED) is 0.242. The van der Waals surface area contributed by atoms with Crippen molar-refractivity contribution in [2.75, 3.05) is 61.9 Å². The first-order valence-electron chi connectivity index (χ1n) is 21.2. The highest BCUT2D eigenvalue weighted by Gasteiger charge is 2.48. The summed E-state index contributed by atoms with van der Waals surface area (Å²) in [7, 11) is 8.32. The topological polar surface area (TPSA) is 170 Å². The van der Waals surface area contributed by atoms with E-state index in [1.54, 1.807) is 59.4 Å². The number of aliphatic hydroxyl groups excluding tert-OH is 2. The zero-order chi connectivity index (χ0) is 43.6. The maximum absolute atomic E-state index is 14.2. The summed E-state index contributed by atoms with van der Waals surface area (Å²) in [5, 5.41) is 22.5. The van der Waals surface area contributed by atoms with E-state index in [2.05, 4.69) is 6.58 Å². The van der Waals surface area contributed by atoms with Crippen LogP contribution >= 0.6 is 0 Å². The van der Waals surface area contributed by atoms with Crippen LogP contribution in [0.4, 0.5) is 0 Å². The van der Waals surface area contributed by atoms with Gasteiger partial charge in [-0.15, -0.1) is 0 Å². The summed E-state index contributed by atoms with van der Waals surface area (Å²) >= 11 is 0. The maximum atomic E-state index is 14.2. The fraction of sp³-hybridized carbons (Fsp3) is 0.818. The van der Waals surface area contributed by atoms with Crippen molar-refractivity contribution in [2.45, 2.75) is 147 Å². The van der Waals surface area contributed by atoms with Gasteiger partial charge < -0.3 is 62.5 Å². The van der Waals surface area contributed by atoms with Crippen LogP contribution < -0.4 is 0 Å². The van der Waals surface area contributed by atoms with Crippen molar-refractivity contribution in [3.05, 3.63) is 36.0 Å². The highest BCUT2D eigenvalue weighted by Crippen LogP contribution is 2.36. The third kappa shape index (κ3) is 13.0. The second-order valence-electron chi connectivity index (χ2n) is 17.0. The molecule has 4 aliphatic rings. The molecular weight excluding hydrogens is 766 g/mol. The van der Waals surface area contributed by atoms with Gasteiger partial charge in [-0.3, -0.25) is 9.59 Å². The second kappa shape index (κ2) is 23.4. The maximum Gasteiger partial charge on any atom is 0.308 e. The van der Waals surface area contributed by atoms with E-state index in [4.69, 9.17) is 47.4 Å². The van der Waals surface area contributed by atoms with Crippen molar-refractivity contribution in [3.63, 3.8) is 0 Å². The van der Waals surface area contributed by atoms with Gasteiger partial charge in [0.2, 0.25) is 0 Å². The average molecular weight is 840 g/mol. The predicted molar refractivity (Wildman–Crippen MR) is 218 cm³/mol. The zero-order valence-corrected chi connectivity index (χ0v) is 37.2. The molecule has 0 radical (unpaired) electrons. The minimum atomic E-state index is -1.20. The number of methoxy groups -OCH3 is 3. The van der Waals surface area contributed by atoms with Crippen LogP contribution in [0.3, 0.4) is 0 Å². The number of allylic oxidation sites excluding steroid dienone is 3. The molecule has 4 rings (SSSR count). The van der Waals surface area contributed by atoms with Crippen LogP contribution in [-0.2, 0) is 57.0 Å². The third-order valence-electron chi connectivity index (χ3n) is 12.4. The van der Waals surface area contributed by atoms with Crippen LogP contribution in [0.25, 0.3) is 0 Å². The first kappa shape index (κ1) is 49.5. The highest BCUT2D eigenvalue weighted by molar-refractivity contribution is 5.91. The van der Waals surface area contributed by atoms with Crippen molar-refractivity contribution >= 4 is 11.8 Å². The Labute approximate surface area is 351 Å². The summed E-state index contributed by atoms with van der Waals surface area (Å²) in [5.74, 6) is -2.15. The molecule has 0 aliphatic carbocycles. The molecule has 4 heterocycles. The number of hydrogen-bond donors (Lipinski definition) is 2. The first-order valence-corrected chi connectivity index (χ1v) is 21.2. The number of ketones is 1. The number of nitrogens with zero attached hydrogens (tertiary/aromatic N) is 1. The van der Waals surface area contributed by atoms with Crippen molar-refractivity contribution in [2.24, 2.45) is 23.7 Å². The molecule has 0 aromatic heterocycles. The molecule has 4 aliphatic heterocycles. The summed E-state index contributed by atoms with van der Waals surface area (Å²) < 4.78 is 61.7. The van der Waals surface area contributed by atoms with Gasteiger partial charge in [-0.2, -0.15) is 0 Å². The number of ether oxygens (including phenoxy) is 10. The molecule has 2 unspecified atom stereocenters. The fourth-order valence-corrected chi connectivity index (χ4v) is 8.91. The van der Waals surface area contributed by atoms with Crippen LogP contribution in [0.1, 0.15) is 67.2 Å². The van der Waals surface area contributed by atoms with E-state index in [0.717, 1.165) is 5.57 Å². The Morgan fingerprint density at radius 3 is 2.20 bits per heavy atom. The summed E-state index contributed by atoms with van der Waals surface area (Å²) in [6.45, 7) is 16.3. The number of cyclic esters (lactones) is 1. The molecule has 17 atom stereocenters. The van der Waals surface area contributed by atoms with E-state index < -0.39 is 91.2 Å². The van der Waals surface area contributed by atoms with Crippen molar-refractivity contribution in [1.82, 2.24) is 4.90 Å². The lowest BCUT2D eigenvalue weighted by molar-refractivity contribution is -0.307. The Bertz CT molecular complexity index is 1410. The molecule has 15 heteroatoms. The average Bonchev–Trinajstić information content (AvgIpc) is 3.21. The van der Waals surface area contributed by atoms with Gasteiger partial charge in [0.1, 0.15) is 30.5 Å². The highest BCUT2D eigenvalue weighted by atomic mass is 16.7. The van der Waals surface area contributed by atoms with E-state index in [9.17, 15) is 19.8 Å². The van der Waals surface area contributed by atoms with Crippen LogP contribution in [-0.4, -0.2) is 168 Å². The third-order valence-corrected chi connectivity index (χ3v) is 12.4. The largest absolute Gasteiger partial charge is 0.462 e. The lowest BCUT2D eigenvalue weighted by atomic mass is 9.79. The molecule has 0 spiro atoms. The number of rotatable bonds is 10. The molecule has 3 saturated heterocycles. The Kier molecular flexibility index (Phi) is 19.6. The predicted octanol–water partition coefficient (Wildman–Crippen LogP) is 3.63. The van der Waals surface area contributed by atoms with Crippen LogP contribution in [0, 0.1) is 23.7 Å². The van der Waals surface area contributed by atoms with E-state index in [0.29, 0.717) is 31.4 Å². The van der Waals surface area contributed by atoms with E-state index in [-0.39, 0.29) is 50.2 Å². The van der Waals surface area contributed by atoms with Gasteiger partial charge in [-0.05, 0) is 71.7 Å². The fourth-order valence-electron chi connectivity index (χ4n) is 8.91. The number of esters is 1. The van der Waals surface area contributed by atoms with E-state index in [1.807, 2.05) is 40.7 Å². The second-order valence-corrected chi connectivity index (χ2v) is 17.0. The normalized spacial score (nSPS) is 42.8. The van der Waals surface area contributed by atoms with Crippen molar-refractivity contribution < 1.29 is 67.2 Å². The summed E-state index contributed by atoms with van der Waals surface area (Å²) in [4.78, 5) is 29.8. The van der Waals surface area contributed by atoms with Crippen LogP contribution in [0.5, 0.6) is 0 Å². The Balaban J connectivity index is 1.71. The minimum absolute atomic E-state index is 0.0665. The smallest absolute Gasteiger partial charge is 0.308 e. The van der Waals surface area contributed by atoms with Gasteiger partial charge in [-0.25, -0.2) is 0 Å². The molecule has 0 saturated carbocycles. The number of likely N-dealkylation sites (N-methyl/N-ethyl adjacent to an activating group) is 1. The lowest BCUT2D eigenvalue weighted by Crippen LogP contribution is -2.63. The number of fused-ring (bicyclic) bond motifs is 3. The molecular formula is C44H73NO14. The molecule has 0 amide bonds. The van der Waals surface area contributed by atoms with Crippen molar-refractivity contribution in [3.8, 4) is 0 Å². The number of carbonyl (C=O) groups excluding carboxylic acids is 2. The molecule has 2 N–H and O–H groups in total. The molecule has 0 aromatic rings. The Hall–Kier alpha value is -2.12. The van der Waals surface area contributed by atoms with Gasteiger partial charge >= 0.3 is 5.97 Å². The van der Waals surface area contributed by atoms with E-state index >= 15 is 0 Å². The van der Waals surface area contributed by atoms with Gasteiger partial charge in [0.05, 0.1) is 62.8 Å². The molecule has 15 nitrogen and oxygen atoms in total. The van der Waals surface area contributed by atoms with Gasteiger partial charge in [0, 0.05) is 45.7 Å². The van der Waals surface area contributed by atoms with Gasteiger partial charge in [0.25, 0.3) is 0 Å². The molecule has 0 aromatic carbocycles. The summed E-state index contributed by atoms with van der Waals surface area (Å²) in [5.41, 5.74) is 1.50. The summed E-state index contributed by atoms with van der Waals surface area (Å²) in [6.07, 6.45) is -1.94. The first-order chi connectivity index (χ1) is 28.0. The summed E-state index contributed by atoms with van der Waals surface area (Å²) in [6, 6.07) is -0.665. The minimum Gasteiger partial charge on any atom is -0.462 e. The monoisotopic (exact) mass is 840 g/mol. The van der Waals surface area contributed by atoms with Crippen LogP contribution in [0.2, 0.25) is 0 Å². The number of aliphatic hydroxyl groups is 2. The van der Waals surface area contributed by atoms with Crippen LogP contribution in [0.15, 0.2) is 36.0 Å². The Morgan fingerprint density at radius 1 is 0.881 bits per heavy atom. The standard InChI is InChI=1S/C44H73NO14/c1-13-33-31(23-55-44-42(52-12)41(51-11)40(50-10)29(7)57-44)18-24(2)14-15-32(46)26(4)19-30-16-17-53-21-25(3)22-54-34(20-35(47)58-33)27(5)39(30)59-43-38(49)36(45(8)9)37(48)28(6)56-43/h14-15,18,26-31,33-34,36-44,48-49H,3,13,16-17,19-23H2,1-2,4-12H3/b15-14+,24-18+/t26-,27+,28-,29-,30+,31-,33-,34-,36+,37-,38-,39-,40-,41-,42-,43?,44?/m1/s1. The molecule has 3 fully saturated rings. The molecule has 59 heavy (non-hydrogen) atoms. The van der Waals surface area contributed by atoms with Gasteiger partial charge in [0.15, 0.2) is 18.4 Å². The van der Waals surface area contributed by atoms with Gasteiger partial charge in [-0.1, -0.05) is 45.1 Å². The number of carbonyl (C=O) groups is 2. The van der Waals surface area contributed by atoms with E-state index in [1.165, 1.54) is 0 Å². The SMILES string of the molecule is C=C1COCC[C@H]2C[C@@H](C)C(=O)/C=C/C(C)=C/[C@H](COC3O[C@H](C)[C@@H](OC)[C@@H](OC)[C@H]3OC)[C@@H](CC)OC(=O)C[C@@H](OC1)[C@H](C)[C@H]2OC1O[C@H](C)[C@@H](O)[C@H](N(C)C)[C@H]1O. The molecule has 338 valence electrons. The lowest BCUT2D eigenvalue weighted by Gasteiger charge is -2.47. The number of hydrogen-bond acceptors (Lipinski definition) is 15. The molecule has 2 bridgehead atoms. The zero-order valence-electron chi connectivity index (χ0n) is 37.2. The Morgan fingerprint density at radius 2 is 1.56 bits per heavy atom.